The van der Waals surface area contributed by atoms with Crippen LogP contribution < -0.4 is 5.32 Å². The molecule has 0 atom stereocenters. The molecule has 0 unspecified atom stereocenters. The molecule has 0 aliphatic heterocycles. The van der Waals surface area contributed by atoms with Crippen LogP contribution in [0.25, 0.3) is 0 Å². The average Bonchev–Trinajstić information content (AvgIpc) is 2.80. The number of rotatable bonds is 7. The quantitative estimate of drug-likeness (QED) is 0.784. The zero-order valence-electron chi connectivity index (χ0n) is 13.8. The zero-order chi connectivity index (χ0) is 15.9. The van der Waals surface area contributed by atoms with Gasteiger partial charge in [0.1, 0.15) is 5.60 Å². The Morgan fingerprint density at radius 3 is 2.81 bits per heavy atom. The van der Waals surface area contributed by atoms with Crippen LogP contribution in [0.15, 0.2) is 12.5 Å². The molecule has 120 valence electrons. The van der Waals surface area contributed by atoms with Crippen molar-refractivity contribution >= 4 is 6.09 Å². The van der Waals surface area contributed by atoms with Crippen molar-refractivity contribution in [1.29, 1.82) is 0 Å². The molecule has 1 amide bonds. The number of likely N-dealkylation sites (N-methyl/N-ethyl adjacent to an activating group) is 1. The molecule has 6 heteroatoms. The van der Waals surface area contributed by atoms with Gasteiger partial charge in [-0.25, -0.2) is 9.78 Å². The molecule has 1 aromatic heterocycles. The Labute approximate surface area is 127 Å². The predicted molar refractivity (Wildman–Crippen MR) is 83.1 cm³/mol. The van der Waals surface area contributed by atoms with E-state index in [9.17, 15) is 4.79 Å². The standard InChI is InChI=1S/C15H28N4O2/c1-6-8-19-12-17-11-13(19)10-16-7-9-18(5)14(20)21-15(2,3)4/h11-12,16H,6-10H2,1-5H3. The number of aromatic nitrogens is 2. The summed E-state index contributed by atoms with van der Waals surface area (Å²) in [7, 11) is 1.75. The first-order valence-corrected chi connectivity index (χ1v) is 7.47. The maximum atomic E-state index is 11.8. The van der Waals surface area contributed by atoms with Gasteiger partial charge in [0, 0.05) is 39.4 Å². The second kappa shape index (κ2) is 8.02. The van der Waals surface area contributed by atoms with Gasteiger partial charge in [0.25, 0.3) is 0 Å². The van der Waals surface area contributed by atoms with Crippen molar-refractivity contribution in [2.24, 2.45) is 0 Å². The fourth-order valence-electron chi connectivity index (χ4n) is 1.83. The number of carbonyl (C=O) groups excluding carboxylic acids is 1. The summed E-state index contributed by atoms with van der Waals surface area (Å²) in [6.45, 7) is 10.8. The summed E-state index contributed by atoms with van der Waals surface area (Å²) in [5.41, 5.74) is 0.711. The lowest BCUT2D eigenvalue weighted by atomic mass is 10.2. The molecule has 1 aromatic rings. The van der Waals surface area contributed by atoms with E-state index < -0.39 is 5.60 Å². The Bertz CT molecular complexity index is 437. The SMILES string of the molecule is CCCn1cncc1CNCCN(C)C(=O)OC(C)(C)C. The van der Waals surface area contributed by atoms with Crippen molar-refractivity contribution in [1.82, 2.24) is 19.8 Å². The predicted octanol–water partition coefficient (Wildman–Crippen LogP) is 2.25. The van der Waals surface area contributed by atoms with Crippen molar-refractivity contribution < 1.29 is 9.53 Å². The summed E-state index contributed by atoms with van der Waals surface area (Å²) in [6, 6.07) is 0. The van der Waals surface area contributed by atoms with Crippen LogP contribution in [-0.4, -0.2) is 46.3 Å². The van der Waals surface area contributed by atoms with E-state index in [2.05, 4.69) is 21.8 Å². The Morgan fingerprint density at radius 2 is 2.19 bits per heavy atom. The largest absolute Gasteiger partial charge is 0.444 e. The van der Waals surface area contributed by atoms with E-state index in [1.807, 2.05) is 33.3 Å². The normalized spacial score (nSPS) is 11.5. The van der Waals surface area contributed by atoms with E-state index in [1.165, 1.54) is 0 Å². The van der Waals surface area contributed by atoms with Crippen molar-refractivity contribution in [2.75, 3.05) is 20.1 Å². The van der Waals surface area contributed by atoms with Crippen LogP contribution in [0, 0.1) is 0 Å². The van der Waals surface area contributed by atoms with Gasteiger partial charge in [-0.05, 0) is 27.2 Å². The lowest BCUT2D eigenvalue weighted by Crippen LogP contribution is -2.38. The first kappa shape index (κ1) is 17.5. The molecular formula is C15H28N4O2. The smallest absolute Gasteiger partial charge is 0.410 e. The zero-order valence-corrected chi connectivity index (χ0v) is 13.8. The van der Waals surface area contributed by atoms with Gasteiger partial charge < -0.3 is 19.5 Å². The van der Waals surface area contributed by atoms with Gasteiger partial charge in [0.15, 0.2) is 0 Å². The van der Waals surface area contributed by atoms with Crippen LogP contribution in [0.4, 0.5) is 4.79 Å². The van der Waals surface area contributed by atoms with Gasteiger partial charge in [-0.1, -0.05) is 6.92 Å². The number of amides is 1. The van der Waals surface area contributed by atoms with E-state index in [0.29, 0.717) is 13.1 Å². The molecule has 0 aliphatic rings. The summed E-state index contributed by atoms with van der Waals surface area (Å²) in [5, 5.41) is 3.32. The van der Waals surface area contributed by atoms with Crippen LogP contribution in [-0.2, 0) is 17.8 Å². The minimum absolute atomic E-state index is 0.291. The van der Waals surface area contributed by atoms with Crippen LogP contribution in [0.3, 0.4) is 0 Å². The Balaban J connectivity index is 2.27. The van der Waals surface area contributed by atoms with Crippen molar-refractivity contribution in [3.8, 4) is 0 Å². The highest BCUT2D eigenvalue weighted by Gasteiger charge is 2.19. The molecule has 0 spiro atoms. The van der Waals surface area contributed by atoms with E-state index in [-0.39, 0.29) is 6.09 Å². The first-order chi connectivity index (χ1) is 9.83. The summed E-state index contributed by atoms with van der Waals surface area (Å²) in [6.07, 6.45) is 4.53. The average molecular weight is 296 g/mol. The van der Waals surface area contributed by atoms with Crippen LogP contribution in [0.1, 0.15) is 39.8 Å². The summed E-state index contributed by atoms with van der Waals surface area (Å²) in [4.78, 5) is 17.5. The lowest BCUT2D eigenvalue weighted by Gasteiger charge is -2.24. The van der Waals surface area contributed by atoms with Gasteiger partial charge in [0.2, 0.25) is 0 Å². The van der Waals surface area contributed by atoms with Gasteiger partial charge in [-0.2, -0.15) is 0 Å². The fourth-order valence-corrected chi connectivity index (χ4v) is 1.83. The Morgan fingerprint density at radius 1 is 1.48 bits per heavy atom. The highest BCUT2D eigenvalue weighted by Crippen LogP contribution is 2.08. The highest BCUT2D eigenvalue weighted by atomic mass is 16.6. The maximum absolute atomic E-state index is 11.8. The Hall–Kier alpha value is -1.56. The molecule has 6 nitrogen and oxygen atoms in total. The minimum atomic E-state index is -0.453. The monoisotopic (exact) mass is 296 g/mol. The number of ether oxygens (including phenoxy) is 1. The van der Waals surface area contributed by atoms with Crippen molar-refractivity contribution in [3.05, 3.63) is 18.2 Å². The minimum Gasteiger partial charge on any atom is -0.444 e. The first-order valence-electron chi connectivity index (χ1n) is 7.47. The molecule has 21 heavy (non-hydrogen) atoms. The highest BCUT2D eigenvalue weighted by molar-refractivity contribution is 5.67. The molecule has 0 bridgehead atoms. The molecule has 0 radical (unpaired) electrons. The van der Waals surface area contributed by atoms with Gasteiger partial charge in [0.05, 0.1) is 12.0 Å². The molecule has 0 fully saturated rings. The molecule has 0 aromatic carbocycles. The molecule has 1 N–H and O–H groups in total. The van der Waals surface area contributed by atoms with Crippen LogP contribution in [0.2, 0.25) is 0 Å². The van der Waals surface area contributed by atoms with Crippen molar-refractivity contribution in [2.45, 2.75) is 52.8 Å². The van der Waals surface area contributed by atoms with E-state index in [4.69, 9.17) is 4.74 Å². The lowest BCUT2D eigenvalue weighted by molar-refractivity contribution is 0.0300. The van der Waals surface area contributed by atoms with E-state index >= 15 is 0 Å². The number of hydrogen-bond donors (Lipinski definition) is 1. The third-order valence-electron chi connectivity index (χ3n) is 2.90. The topological polar surface area (TPSA) is 59.4 Å². The summed E-state index contributed by atoms with van der Waals surface area (Å²) < 4.78 is 7.44. The van der Waals surface area contributed by atoms with E-state index in [1.54, 1.807) is 11.9 Å². The number of imidazole rings is 1. The molecule has 1 heterocycles. The summed E-state index contributed by atoms with van der Waals surface area (Å²) >= 11 is 0. The number of nitrogens with one attached hydrogen (secondary N) is 1. The number of nitrogens with zero attached hydrogens (tertiary/aromatic N) is 3. The van der Waals surface area contributed by atoms with E-state index in [0.717, 1.165) is 25.2 Å². The van der Waals surface area contributed by atoms with Crippen molar-refractivity contribution in [3.63, 3.8) is 0 Å². The van der Waals surface area contributed by atoms with Gasteiger partial charge >= 0.3 is 6.09 Å². The van der Waals surface area contributed by atoms with Crippen LogP contribution >= 0.6 is 0 Å². The number of hydrogen-bond acceptors (Lipinski definition) is 4. The summed E-state index contributed by atoms with van der Waals surface area (Å²) in [5.74, 6) is 0. The molecular weight excluding hydrogens is 268 g/mol. The molecule has 0 saturated heterocycles. The molecule has 0 aliphatic carbocycles. The third kappa shape index (κ3) is 6.62. The van der Waals surface area contributed by atoms with Gasteiger partial charge in [-0.3, -0.25) is 0 Å². The van der Waals surface area contributed by atoms with Crippen LogP contribution in [0.5, 0.6) is 0 Å². The Kier molecular flexibility index (Phi) is 6.68. The number of aryl methyl sites for hydroxylation is 1. The van der Waals surface area contributed by atoms with Gasteiger partial charge in [-0.15, -0.1) is 0 Å². The second-order valence-electron chi connectivity index (χ2n) is 6.16. The third-order valence-corrected chi connectivity index (χ3v) is 2.90. The molecule has 1 rings (SSSR count). The molecule has 0 saturated carbocycles. The fraction of sp³-hybridized carbons (Fsp3) is 0.733. The second-order valence-corrected chi connectivity index (χ2v) is 6.16. The number of carbonyl (C=O) groups is 1. The maximum Gasteiger partial charge on any atom is 0.410 e.